The van der Waals surface area contributed by atoms with Crippen LogP contribution in [0.5, 0.6) is 11.5 Å². The minimum absolute atomic E-state index is 0.310. The number of nitrogens with two attached hydrogens (primary N) is 1. The van der Waals surface area contributed by atoms with E-state index in [1.807, 2.05) is 36.4 Å². The quantitative estimate of drug-likeness (QED) is 0.882. The maximum Gasteiger partial charge on any atom is 0.231 e. The van der Waals surface area contributed by atoms with Gasteiger partial charge in [-0.25, -0.2) is 0 Å². The van der Waals surface area contributed by atoms with E-state index in [1.54, 1.807) is 0 Å². The highest BCUT2D eigenvalue weighted by molar-refractivity contribution is 5.48. The van der Waals surface area contributed by atoms with E-state index in [4.69, 9.17) is 15.2 Å². The molecule has 3 rings (SSSR count). The van der Waals surface area contributed by atoms with Crippen molar-refractivity contribution in [2.75, 3.05) is 12.1 Å². The lowest BCUT2D eigenvalue weighted by Crippen LogP contribution is -2.01. The molecule has 19 heavy (non-hydrogen) atoms. The first-order valence-corrected chi connectivity index (χ1v) is 6.26. The summed E-state index contributed by atoms with van der Waals surface area (Å²) >= 11 is 0. The SMILES string of the molecule is NCc1cccc(NCc2ccc3c(c2)OCO3)c1. The Hall–Kier alpha value is -2.20. The van der Waals surface area contributed by atoms with E-state index >= 15 is 0 Å². The Kier molecular flexibility index (Phi) is 3.25. The number of fused-ring (bicyclic) bond motifs is 1. The number of rotatable bonds is 4. The van der Waals surface area contributed by atoms with E-state index in [-0.39, 0.29) is 0 Å². The number of benzene rings is 2. The van der Waals surface area contributed by atoms with E-state index in [9.17, 15) is 0 Å². The molecular weight excluding hydrogens is 240 g/mol. The van der Waals surface area contributed by atoms with Crippen LogP contribution in [0.1, 0.15) is 11.1 Å². The first-order chi connectivity index (χ1) is 9.35. The lowest BCUT2D eigenvalue weighted by molar-refractivity contribution is 0.174. The maximum absolute atomic E-state index is 5.63. The summed E-state index contributed by atoms with van der Waals surface area (Å²) in [6, 6.07) is 14.1. The summed E-state index contributed by atoms with van der Waals surface area (Å²) < 4.78 is 10.7. The third-order valence-electron chi connectivity index (χ3n) is 3.10. The second-order valence-electron chi connectivity index (χ2n) is 4.45. The van der Waals surface area contributed by atoms with Crippen LogP contribution in [0.4, 0.5) is 5.69 Å². The second-order valence-corrected chi connectivity index (χ2v) is 4.45. The average molecular weight is 256 g/mol. The standard InChI is InChI=1S/C15H16N2O2/c16-8-11-2-1-3-13(6-11)17-9-12-4-5-14-15(7-12)19-10-18-14/h1-7,17H,8-10,16H2. The number of hydrogen-bond donors (Lipinski definition) is 2. The van der Waals surface area contributed by atoms with Crippen molar-refractivity contribution in [1.29, 1.82) is 0 Å². The highest BCUT2D eigenvalue weighted by Gasteiger charge is 2.12. The summed E-state index contributed by atoms with van der Waals surface area (Å²) in [6.07, 6.45) is 0. The number of hydrogen-bond acceptors (Lipinski definition) is 4. The molecule has 3 N–H and O–H groups in total. The molecular formula is C15H16N2O2. The van der Waals surface area contributed by atoms with Crippen molar-refractivity contribution in [2.24, 2.45) is 5.73 Å². The Balaban J connectivity index is 1.68. The third-order valence-corrected chi connectivity index (χ3v) is 3.10. The van der Waals surface area contributed by atoms with Crippen LogP contribution in [0.15, 0.2) is 42.5 Å². The third kappa shape index (κ3) is 2.63. The Morgan fingerprint density at radius 1 is 1.00 bits per heavy atom. The van der Waals surface area contributed by atoms with Crippen molar-refractivity contribution in [3.8, 4) is 11.5 Å². The van der Waals surface area contributed by atoms with Crippen LogP contribution < -0.4 is 20.5 Å². The molecule has 0 bridgehead atoms. The molecule has 1 aliphatic rings. The monoisotopic (exact) mass is 256 g/mol. The van der Waals surface area contributed by atoms with E-state index < -0.39 is 0 Å². The molecule has 0 atom stereocenters. The van der Waals surface area contributed by atoms with Crippen molar-refractivity contribution in [2.45, 2.75) is 13.1 Å². The van der Waals surface area contributed by atoms with Crippen molar-refractivity contribution in [3.05, 3.63) is 53.6 Å². The maximum atomic E-state index is 5.63. The number of anilines is 1. The fraction of sp³-hybridized carbons (Fsp3) is 0.200. The molecule has 0 saturated heterocycles. The van der Waals surface area contributed by atoms with Gasteiger partial charge >= 0.3 is 0 Å². The summed E-state index contributed by atoms with van der Waals surface area (Å²) in [5, 5.41) is 3.37. The van der Waals surface area contributed by atoms with Gasteiger partial charge in [-0.2, -0.15) is 0 Å². The van der Waals surface area contributed by atoms with Gasteiger partial charge in [-0.1, -0.05) is 18.2 Å². The normalized spacial score (nSPS) is 12.5. The van der Waals surface area contributed by atoms with E-state index in [2.05, 4.69) is 11.4 Å². The molecule has 2 aromatic rings. The van der Waals surface area contributed by atoms with E-state index in [0.717, 1.165) is 34.9 Å². The molecule has 2 aromatic carbocycles. The van der Waals surface area contributed by atoms with Gasteiger partial charge in [0, 0.05) is 18.8 Å². The zero-order chi connectivity index (χ0) is 13.1. The zero-order valence-corrected chi connectivity index (χ0v) is 10.6. The van der Waals surface area contributed by atoms with Gasteiger partial charge in [0.15, 0.2) is 11.5 Å². The second kappa shape index (κ2) is 5.20. The van der Waals surface area contributed by atoms with Crippen molar-refractivity contribution in [1.82, 2.24) is 0 Å². The van der Waals surface area contributed by atoms with Crippen LogP contribution in [-0.2, 0) is 13.1 Å². The molecule has 4 nitrogen and oxygen atoms in total. The van der Waals surface area contributed by atoms with Crippen molar-refractivity contribution in [3.63, 3.8) is 0 Å². The minimum Gasteiger partial charge on any atom is -0.454 e. The van der Waals surface area contributed by atoms with Crippen LogP contribution in [0, 0.1) is 0 Å². The summed E-state index contributed by atoms with van der Waals surface area (Å²) in [5.41, 5.74) is 8.98. The first-order valence-electron chi connectivity index (χ1n) is 6.26. The average Bonchev–Trinajstić information content (AvgIpc) is 2.93. The van der Waals surface area contributed by atoms with Gasteiger partial charge in [-0.3, -0.25) is 0 Å². The fourth-order valence-electron chi connectivity index (χ4n) is 2.06. The number of ether oxygens (including phenoxy) is 2. The molecule has 0 aliphatic carbocycles. The Morgan fingerprint density at radius 2 is 1.89 bits per heavy atom. The van der Waals surface area contributed by atoms with Gasteiger partial charge in [0.2, 0.25) is 6.79 Å². The highest BCUT2D eigenvalue weighted by atomic mass is 16.7. The molecule has 98 valence electrons. The molecule has 0 spiro atoms. The van der Waals surface area contributed by atoms with Gasteiger partial charge in [-0.05, 0) is 35.4 Å². The molecule has 0 amide bonds. The van der Waals surface area contributed by atoms with Crippen LogP contribution >= 0.6 is 0 Å². The first kappa shape index (κ1) is 11.9. The van der Waals surface area contributed by atoms with Gasteiger partial charge in [0.25, 0.3) is 0 Å². The molecule has 0 saturated carbocycles. The lowest BCUT2D eigenvalue weighted by Gasteiger charge is -2.08. The van der Waals surface area contributed by atoms with Crippen LogP contribution in [-0.4, -0.2) is 6.79 Å². The zero-order valence-electron chi connectivity index (χ0n) is 10.6. The Morgan fingerprint density at radius 3 is 2.79 bits per heavy atom. The lowest BCUT2D eigenvalue weighted by atomic mass is 10.1. The predicted molar refractivity (Wildman–Crippen MR) is 74.2 cm³/mol. The summed E-state index contributed by atoms with van der Waals surface area (Å²) in [5.74, 6) is 1.63. The molecule has 0 fully saturated rings. The Bertz CT molecular complexity index is 584. The molecule has 1 aliphatic heterocycles. The number of nitrogens with one attached hydrogen (secondary N) is 1. The van der Waals surface area contributed by atoms with Gasteiger partial charge in [-0.15, -0.1) is 0 Å². The van der Waals surface area contributed by atoms with E-state index in [0.29, 0.717) is 13.3 Å². The predicted octanol–water partition coefficient (Wildman–Crippen LogP) is 2.49. The largest absolute Gasteiger partial charge is 0.454 e. The molecule has 0 radical (unpaired) electrons. The summed E-state index contributed by atoms with van der Waals surface area (Å²) in [7, 11) is 0. The fourth-order valence-corrected chi connectivity index (χ4v) is 2.06. The smallest absolute Gasteiger partial charge is 0.231 e. The summed E-state index contributed by atoms with van der Waals surface area (Å²) in [4.78, 5) is 0. The van der Waals surface area contributed by atoms with E-state index in [1.165, 1.54) is 0 Å². The molecule has 0 unspecified atom stereocenters. The van der Waals surface area contributed by atoms with Crippen molar-refractivity contribution < 1.29 is 9.47 Å². The molecule has 0 aromatic heterocycles. The summed E-state index contributed by atoms with van der Waals surface area (Å²) in [6.45, 7) is 1.61. The van der Waals surface area contributed by atoms with Crippen LogP contribution in [0.25, 0.3) is 0 Å². The molecule has 4 heteroatoms. The topological polar surface area (TPSA) is 56.5 Å². The van der Waals surface area contributed by atoms with Crippen LogP contribution in [0.2, 0.25) is 0 Å². The van der Waals surface area contributed by atoms with Crippen molar-refractivity contribution >= 4 is 5.69 Å². The van der Waals surface area contributed by atoms with Crippen LogP contribution in [0.3, 0.4) is 0 Å². The van der Waals surface area contributed by atoms with Gasteiger partial charge in [0.05, 0.1) is 0 Å². The van der Waals surface area contributed by atoms with Gasteiger partial charge < -0.3 is 20.5 Å². The Labute approximate surface area is 112 Å². The highest BCUT2D eigenvalue weighted by Crippen LogP contribution is 2.32. The van der Waals surface area contributed by atoms with Gasteiger partial charge in [0.1, 0.15) is 0 Å². The molecule has 1 heterocycles. The minimum atomic E-state index is 0.310.